The van der Waals surface area contributed by atoms with Crippen molar-refractivity contribution in [2.24, 2.45) is 11.3 Å². The van der Waals surface area contributed by atoms with Crippen LogP contribution in [0.3, 0.4) is 0 Å². The van der Waals surface area contributed by atoms with Gasteiger partial charge in [-0.2, -0.15) is 0 Å². The minimum Gasteiger partial charge on any atom is -0.392 e. The van der Waals surface area contributed by atoms with E-state index in [2.05, 4.69) is 0 Å². The van der Waals surface area contributed by atoms with Crippen molar-refractivity contribution in [1.82, 2.24) is 0 Å². The summed E-state index contributed by atoms with van der Waals surface area (Å²) in [7, 11) is 0. The third kappa shape index (κ3) is 1.99. The van der Waals surface area contributed by atoms with Crippen LogP contribution in [0.15, 0.2) is 30.3 Å². The van der Waals surface area contributed by atoms with Gasteiger partial charge in [-0.05, 0) is 11.0 Å². The third-order valence-electron chi connectivity index (χ3n) is 3.42. The molecule has 16 heavy (non-hydrogen) atoms. The molecule has 0 bridgehead atoms. The van der Waals surface area contributed by atoms with Gasteiger partial charge in [0, 0.05) is 11.8 Å². The molecule has 1 aromatic rings. The summed E-state index contributed by atoms with van der Waals surface area (Å²) >= 11 is 0. The number of aliphatic hydroxyl groups excluding tert-OH is 1. The van der Waals surface area contributed by atoms with Gasteiger partial charge < -0.3 is 5.11 Å². The second-order valence-electron chi connectivity index (χ2n) is 5.77. The SMILES string of the molecule is CC(C)(C)[C@H](O)[C@H]1[C@H](F)[C@@H]1c1ccccc1. The lowest BCUT2D eigenvalue weighted by Crippen LogP contribution is -2.29. The second-order valence-corrected chi connectivity index (χ2v) is 5.77. The van der Waals surface area contributed by atoms with Gasteiger partial charge in [0.05, 0.1) is 6.10 Å². The van der Waals surface area contributed by atoms with Gasteiger partial charge in [-0.3, -0.25) is 0 Å². The molecule has 4 atom stereocenters. The summed E-state index contributed by atoms with van der Waals surface area (Å²) < 4.78 is 13.7. The average molecular weight is 222 g/mol. The first kappa shape index (κ1) is 11.6. The maximum absolute atomic E-state index is 13.7. The van der Waals surface area contributed by atoms with Gasteiger partial charge in [0.1, 0.15) is 6.17 Å². The zero-order valence-corrected chi connectivity index (χ0v) is 10.0. The Hall–Kier alpha value is -0.890. The topological polar surface area (TPSA) is 20.2 Å². The van der Waals surface area contributed by atoms with Crippen LogP contribution in [-0.4, -0.2) is 17.4 Å². The second kappa shape index (κ2) is 3.85. The molecule has 1 nitrogen and oxygen atoms in total. The molecule has 1 aromatic carbocycles. The maximum Gasteiger partial charge on any atom is 0.113 e. The lowest BCUT2D eigenvalue weighted by Gasteiger charge is -2.25. The van der Waals surface area contributed by atoms with Crippen molar-refractivity contribution in [1.29, 1.82) is 0 Å². The standard InChI is InChI=1S/C14H19FO/c1-14(2,3)13(16)11-10(12(11)15)9-7-5-4-6-8-9/h4-8,10-13,16H,1-3H3/t10-,11-,12-,13-/m1/s1. The summed E-state index contributed by atoms with van der Waals surface area (Å²) in [4.78, 5) is 0. The molecule has 0 saturated heterocycles. The predicted octanol–water partition coefficient (Wildman–Crippen LogP) is 3.15. The molecule has 0 amide bonds. The summed E-state index contributed by atoms with van der Waals surface area (Å²) in [5.74, 6) is -0.349. The lowest BCUT2D eigenvalue weighted by atomic mass is 9.85. The van der Waals surface area contributed by atoms with Crippen LogP contribution < -0.4 is 0 Å². The monoisotopic (exact) mass is 222 g/mol. The van der Waals surface area contributed by atoms with Gasteiger partial charge in [0.15, 0.2) is 0 Å². The molecular weight excluding hydrogens is 203 g/mol. The summed E-state index contributed by atoms with van der Waals surface area (Å²) in [6, 6.07) is 9.63. The minimum atomic E-state index is -0.892. The van der Waals surface area contributed by atoms with Crippen molar-refractivity contribution in [2.45, 2.75) is 39.0 Å². The summed E-state index contributed by atoms with van der Waals surface area (Å²) in [5.41, 5.74) is 0.752. The molecule has 0 radical (unpaired) electrons. The first-order chi connectivity index (χ1) is 7.43. The highest BCUT2D eigenvalue weighted by Crippen LogP contribution is 2.54. The van der Waals surface area contributed by atoms with Crippen molar-refractivity contribution in [3.63, 3.8) is 0 Å². The van der Waals surface area contributed by atoms with Crippen LogP contribution in [0.5, 0.6) is 0 Å². The van der Waals surface area contributed by atoms with Crippen LogP contribution in [0.4, 0.5) is 4.39 Å². The number of rotatable bonds is 2. The van der Waals surface area contributed by atoms with Crippen LogP contribution in [-0.2, 0) is 0 Å². The molecule has 1 aliphatic carbocycles. The summed E-state index contributed by atoms with van der Waals surface area (Å²) in [6.07, 6.45) is -1.47. The van der Waals surface area contributed by atoms with E-state index in [9.17, 15) is 9.50 Å². The molecule has 1 fully saturated rings. The Morgan fingerprint density at radius 2 is 1.75 bits per heavy atom. The van der Waals surface area contributed by atoms with Crippen LogP contribution in [0, 0.1) is 11.3 Å². The largest absolute Gasteiger partial charge is 0.392 e. The van der Waals surface area contributed by atoms with Gasteiger partial charge in [-0.15, -0.1) is 0 Å². The number of hydrogen-bond donors (Lipinski definition) is 1. The van der Waals surface area contributed by atoms with E-state index >= 15 is 0 Å². The Labute approximate surface area is 96.3 Å². The third-order valence-corrected chi connectivity index (χ3v) is 3.42. The average Bonchev–Trinajstić information content (AvgIpc) is 2.88. The molecule has 1 N–H and O–H groups in total. The molecule has 0 spiro atoms. The highest BCUT2D eigenvalue weighted by atomic mass is 19.1. The van der Waals surface area contributed by atoms with E-state index < -0.39 is 12.3 Å². The minimum absolute atomic E-state index is 0.115. The summed E-state index contributed by atoms with van der Waals surface area (Å²) in [5, 5.41) is 10.1. The Balaban J connectivity index is 2.12. The van der Waals surface area contributed by atoms with Gasteiger partial charge in [0.25, 0.3) is 0 Å². The van der Waals surface area contributed by atoms with E-state index in [0.717, 1.165) is 5.56 Å². The fraction of sp³-hybridized carbons (Fsp3) is 0.571. The van der Waals surface area contributed by atoms with E-state index in [1.54, 1.807) is 0 Å². The van der Waals surface area contributed by atoms with Gasteiger partial charge >= 0.3 is 0 Å². The Morgan fingerprint density at radius 1 is 1.19 bits per heavy atom. The highest BCUT2D eigenvalue weighted by molar-refractivity contribution is 5.30. The van der Waals surface area contributed by atoms with Crippen LogP contribution in [0.2, 0.25) is 0 Å². The number of alkyl halides is 1. The molecular formula is C14H19FO. The zero-order valence-electron chi connectivity index (χ0n) is 10.0. The fourth-order valence-corrected chi connectivity index (χ4v) is 2.32. The number of benzene rings is 1. The van der Waals surface area contributed by atoms with Gasteiger partial charge in [-0.1, -0.05) is 51.1 Å². The van der Waals surface area contributed by atoms with Crippen LogP contribution in [0.25, 0.3) is 0 Å². The van der Waals surface area contributed by atoms with Crippen molar-refractivity contribution in [3.05, 3.63) is 35.9 Å². The first-order valence-corrected chi connectivity index (χ1v) is 5.80. The van der Waals surface area contributed by atoms with Gasteiger partial charge in [-0.25, -0.2) is 4.39 Å². The highest BCUT2D eigenvalue weighted by Gasteiger charge is 2.57. The van der Waals surface area contributed by atoms with E-state index in [1.807, 2.05) is 51.1 Å². The van der Waals surface area contributed by atoms with Crippen molar-refractivity contribution >= 4 is 0 Å². The van der Waals surface area contributed by atoms with Crippen molar-refractivity contribution in [3.8, 4) is 0 Å². The van der Waals surface area contributed by atoms with Crippen LogP contribution in [0.1, 0.15) is 32.3 Å². The Kier molecular flexibility index (Phi) is 2.79. The first-order valence-electron chi connectivity index (χ1n) is 5.80. The molecule has 0 unspecified atom stereocenters. The van der Waals surface area contributed by atoms with Crippen molar-refractivity contribution < 1.29 is 9.50 Å². The molecule has 0 aromatic heterocycles. The van der Waals surface area contributed by atoms with E-state index in [0.29, 0.717) is 0 Å². The Morgan fingerprint density at radius 3 is 2.25 bits per heavy atom. The molecule has 88 valence electrons. The predicted molar refractivity (Wildman–Crippen MR) is 63.0 cm³/mol. The van der Waals surface area contributed by atoms with E-state index in [-0.39, 0.29) is 17.3 Å². The van der Waals surface area contributed by atoms with E-state index in [1.165, 1.54) is 0 Å². The maximum atomic E-state index is 13.7. The molecule has 2 rings (SSSR count). The smallest absolute Gasteiger partial charge is 0.113 e. The quantitative estimate of drug-likeness (QED) is 0.815. The molecule has 1 aliphatic rings. The Bertz CT molecular complexity index is 355. The number of aliphatic hydroxyl groups is 1. The number of hydrogen-bond acceptors (Lipinski definition) is 1. The van der Waals surface area contributed by atoms with Gasteiger partial charge in [0.2, 0.25) is 0 Å². The lowest BCUT2D eigenvalue weighted by molar-refractivity contribution is 0.0360. The summed E-state index contributed by atoms with van der Waals surface area (Å²) in [6.45, 7) is 5.85. The zero-order chi connectivity index (χ0) is 11.9. The number of halogens is 1. The normalized spacial score (nSPS) is 31.2. The fourth-order valence-electron chi connectivity index (χ4n) is 2.32. The molecule has 2 heteroatoms. The van der Waals surface area contributed by atoms with Crippen LogP contribution >= 0.6 is 0 Å². The van der Waals surface area contributed by atoms with E-state index in [4.69, 9.17) is 0 Å². The molecule has 0 heterocycles. The molecule has 1 saturated carbocycles. The van der Waals surface area contributed by atoms with Crippen molar-refractivity contribution in [2.75, 3.05) is 0 Å². The molecule has 0 aliphatic heterocycles.